The molecule has 3 rings (SSSR count). The SMILES string of the molecule is CC(C)(CO)CNC(=O)c1cc2cc(Cl)ccc2n1Cc1cc(F)cc(F)c1F. The third-order valence-corrected chi connectivity index (χ3v) is 4.88. The Morgan fingerprint density at radius 2 is 1.90 bits per heavy atom. The molecule has 8 heteroatoms. The summed E-state index contributed by atoms with van der Waals surface area (Å²) in [7, 11) is 0. The fourth-order valence-electron chi connectivity index (χ4n) is 2.96. The van der Waals surface area contributed by atoms with Gasteiger partial charge in [-0.15, -0.1) is 0 Å². The average molecular weight is 425 g/mol. The minimum absolute atomic E-state index is 0.125. The van der Waals surface area contributed by atoms with Crippen molar-refractivity contribution >= 4 is 28.4 Å². The number of nitrogens with zero attached hydrogens (tertiary/aromatic N) is 1. The van der Waals surface area contributed by atoms with Crippen molar-refractivity contribution in [3.05, 3.63) is 70.1 Å². The summed E-state index contributed by atoms with van der Waals surface area (Å²) in [5.74, 6) is -3.84. The summed E-state index contributed by atoms with van der Waals surface area (Å²) in [6.45, 7) is 3.39. The highest BCUT2D eigenvalue weighted by atomic mass is 35.5. The predicted octanol–water partition coefficient (Wildman–Crippen LogP) is 4.51. The fourth-order valence-corrected chi connectivity index (χ4v) is 3.14. The Morgan fingerprint density at radius 1 is 1.17 bits per heavy atom. The van der Waals surface area contributed by atoms with Gasteiger partial charge in [0, 0.05) is 46.1 Å². The van der Waals surface area contributed by atoms with Crippen molar-refractivity contribution in [1.82, 2.24) is 9.88 Å². The van der Waals surface area contributed by atoms with Crippen LogP contribution in [0.15, 0.2) is 36.4 Å². The Hall–Kier alpha value is -2.51. The number of aliphatic hydroxyl groups is 1. The summed E-state index contributed by atoms with van der Waals surface area (Å²) in [5.41, 5.74) is -0.0158. The molecular weight excluding hydrogens is 405 g/mol. The van der Waals surface area contributed by atoms with Crippen LogP contribution in [0.2, 0.25) is 5.02 Å². The highest BCUT2D eigenvalue weighted by Crippen LogP contribution is 2.26. The topological polar surface area (TPSA) is 54.3 Å². The third kappa shape index (κ3) is 4.57. The Bertz CT molecular complexity index is 1080. The number of fused-ring (bicyclic) bond motifs is 1. The lowest BCUT2D eigenvalue weighted by Crippen LogP contribution is -2.36. The van der Waals surface area contributed by atoms with E-state index in [0.717, 1.165) is 6.07 Å². The van der Waals surface area contributed by atoms with E-state index in [1.165, 1.54) is 4.57 Å². The molecule has 0 aliphatic heterocycles. The molecule has 3 aromatic rings. The first-order valence-electron chi connectivity index (χ1n) is 8.92. The molecule has 0 aliphatic rings. The molecule has 0 saturated carbocycles. The largest absolute Gasteiger partial charge is 0.396 e. The van der Waals surface area contributed by atoms with Crippen LogP contribution in [-0.4, -0.2) is 28.7 Å². The molecule has 1 amide bonds. The lowest BCUT2D eigenvalue weighted by molar-refractivity contribution is 0.0902. The standard InChI is InChI=1S/C21H20ClF3N2O2/c1-21(2,11-28)10-26-20(29)18-7-12-5-14(22)3-4-17(12)27(18)9-13-6-15(23)8-16(24)19(13)25/h3-8,28H,9-11H2,1-2H3,(H,26,29). The zero-order valence-corrected chi connectivity index (χ0v) is 16.7. The maximum Gasteiger partial charge on any atom is 0.267 e. The van der Waals surface area contributed by atoms with E-state index in [1.54, 1.807) is 38.1 Å². The summed E-state index contributed by atoms with van der Waals surface area (Å²) < 4.78 is 43.0. The van der Waals surface area contributed by atoms with Crippen molar-refractivity contribution in [2.45, 2.75) is 20.4 Å². The van der Waals surface area contributed by atoms with Crippen molar-refractivity contribution < 1.29 is 23.1 Å². The molecule has 0 spiro atoms. The van der Waals surface area contributed by atoms with Gasteiger partial charge in [0.25, 0.3) is 5.91 Å². The number of halogens is 4. The molecule has 1 aromatic heterocycles. The number of rotatable bonds is 6. The molecular formula is C21H20ClF3N2O2. The number of benzene rings is 2. The zero-order valence-electron chi connectivity index (χ0n) is 15.9. The van der Waals surface area contributed by atoms with Gasteiger partial charge in [-0.2, -0.15) is 0 Å². The van der Waals surface area contributed by atoms with Gasteiger partial charge in [-0.25, -0.2) is 13.2 Å². The molecule has 2 N–H and O–H groups in total. The van der Waals surface area contributed by atoms with Crippen LogP contribution >= 0.6 is 11.6 Å². The molecule has 154 valence electrons. The van der Waals surface area contributed by atoms with Crippen LogP contribution in [0.5, 0.6) is 0 Å². The first-order chi connectivity index (χ1) is 13.6. The molecule has 0 radical (unpaired) electrons. The van der Waals surface area contributed by atoms with Crippen LogP contribution in [0, 0.1) is 22.9 Å². The van der Waals surface area contributed by atoms with Crippen LogP contribution in [0.4, 0.5) is 13.2 Å². The molecule has 0 atom stereocenters. The van der Waals surface area contributed by atoms with Gasteiger partial charge in [0.15, 0.2) is 11.6 Å². The molecule has 0 unspecified atom stereocenters. The van der Waals surface area contributed by atoms with E-state index in [-0.39, 0.29) is 31.0 Å². The van der Waals surface area contributed by atoms with Crippen molar-refractivity contribution in [2.24, 2.45) is 5.41 Å². The molecule has 0 aliphatic carbocycles. The van der Waals surface area contributed by atoms with Gasteiger partial charge in [0.1, 0.15) is 11.5 Å². The number of nitrogens with one attached hydrogen (secondary N) is 1. The smallest absolute Gasteiger partial charge is 0.267 e. The highest BCUT2D eigenvalue weighted by Gasteiger charge is 2.22. The Balaban J connectivity index is 2.05. The predicted molar refractivity (Wildman–Crippen MR) is 106 cm³/mol. The van der Waals surface area contributed by atoms with E-state index in [4.69, 9.17) is 11.6 Å². The van der Waals surface area contributed by atoms with E-state index in [9.17, 15) is 23.1 Å². The van der Waals surface area contributed by atoms with Gasteiger partial charge < -0.3 is 15.0 Å². The van der Waals surface area contributed by atoms with Crippen LogP contribution in [-0.2, 0) is 6.54 Å². The van der Waals surface area contributed by atoms with E-state index in [0.29, 0.717) is 22.0 Å². The van der Waals surface area contributed by atoms with Crippen molar-refractivity contribution in [3.63, 3.8) is 0 Å². The summed E-state index contributed by atoms with van der Waals surface area (Å²) in [5, 5.41) is 13.2. The second-order valence-electron chi connectivity index (χ2n) is 7.68. The Kier molecular flexibility index (Phi) is 5.91. The van der Waals surface area contributed by atoms with Gasteiger partial charge in [-0.05, 0) is 30.3 Å². The number of hydrogen-bond acceptors (Lipinski definition) is 2. The highest BCUT2D eigenvalue weighted by molar-refractivity contribution is 6.31. The lowest BCUT2D eigenvalue weighted by atomic mass is 9.95. The third-order valence-electron chi connectivity index (χ3n) is 4.65. The summed E-state index contributed by atoms with van der Waals surface area (Å²) in [6, 6.07) is 7.85. The van der Waals surface area contributed by atoms with Crippen LogP contribution in [0.3, 0.4) is 0 Å². The molecule has 4 nitrogen and oxygen atoms in total. The number of amides is 1. The van der Waals surface area contributed by atoms with Gasteiger partial charge in [-0.3, -0.25) is 4.79 Å². The maximum atomic E-state index is 14.2. The van der Waals surface area contributed by atoms with Crippen molar-refractivity contribution in [1.29, 1.82) is 0 Å². The van der Waals surface area contributed by atoms with Crippen molar-refractivity contribution in [3.8, 4) is 0 Å². The minimum atomic E-state index is -1.30. The summed E-state index contributed by atoms with van der Waals surface area (Å²) in [6.07, 6.45) is 0. The first-order valence-corrected chi connectivity index (χ1v) is 9.30. The van der Waals surface area contributed by atoms with E-state index in [1.807, 2.05) is 0 Å². The lowest BCUT2D eigenvalue weighted by Gasteiger charge is -2.22. The van der Waals surface area contributed by atoms with Crippen molar-refractivity contribution in [2.75, 3.05) is 13.2 Å². The number of aromatic nitrogens is 1. The number of hydrogen-bond donors (Lipinski definition) is 2. The van der Waals surface area contributed by atoms with Gasteiger partial charge in [0.05, 0.1) is 6.54 Å². The molecule has 29 heavy (non-hydrogen) atoms. The number of aliphatic hydroxyl groups excluding tert-OH is 1. The second kappa shape index (κ2) is 8.08. The van der Waals surface area contributed by atoms with E-state index >= 15 is 0 Å². The normalized spacial score (nSPS) is 11.8. The monoisotopic (exact) mass is 424 g/mol. The van der Waals surface area contributed by atoms with Gasteiger partial charge >= 0.3 is 0 Å². The molecule has 0 bridgehead atoms. The van der Waals surface area contributed by atoms with Gasteiger partial charge in [-0.1, -0.05) is 25.4 Å². The molecule has 0 saturated heterocycles. The van der Waals surface area contributed by atoms with Crippen LogP contribution in [0.1, 0.15) is 29.9 Å². The summed E-state index contributed by atoms with van der Waals surface area (Å²) in [4.78, 5) is 12.8. The second-order valence-corrected chi connectivity index (χ2v) is 8.12. The molecule has 0 fully saturated rings. The number of carbonyl (C=O) groups excluding carboxylic acids is 1. The van der Waals surface area contributed by atoms with E-state index in [2.05, 4.69) is 5.32 Å². The minimum Gasteiger partial charge on any atom is -0.396 e. The Labute approximate surface area is 170 Å². The average Bonchev–Trinajstić information content (AvgIpc) is 3.01. The van der Waals surface area contributed by atoms with E-state index < -0.39 is 28.8 Å². The Morgan fingerprint density at radius 3 is 2.59 bits per heavy atom. The maximum absolute atomic E-state index is 14.2. The first kappa shape index (κ1) is 21.2. The number of carbonyl (C=O) groups is 1. The quantitative estimate of drug-likeness (QED) is 0.572. The fraction of sp³-hybridized carbons (Fsp3) is 0.286. The zero-order chi connectivity index (χ0) is 21.3. The molecule has 1 heterocycles. The van der Waals surface area contributed by atoms with Crippen LogP contribution < -0.4 is 5.32 Å². The molecule has 2 aromatic carbocycles. The van der Waals surface area contributed by atoms with Gasteiger partial charge in [0.2, 0.25) is 0 Å². The summed E-state index contributed by atoms with van der Waals surface area (Å²) >= 11 is 6.03. The van der Waals surface area contributed by atoms with Crippen LogP contribution in [0.25, 0.3) is 10.9 Å².